The molecule has 5 atom stereocenters. The molecule has 1 aliphatic heterocycles. The van der Waals surface area contributed by atoms with E-state index >= 15 is 0 Å². The molecule has 0 aliphatic carbocycles. The third-order valence-corrected chi connectivity index (χ3v) is 4.00. The third-order valence-electron chi connectivity index (χ3n) is 4.00. The van der Waals surface area contributed by atoms with Crippen molar-refractivity contribution in [1.82, 2.24) is 0 Å². The van der Waals surface area contributed by atoms with Crippen molar-refractivity contribution in [1.29, 1.82) is 0 Å². The Morgan fingerprint density at radius 1 is 1.08 bits per heavy atom. The molecule has 2 aromatic rings. The lowest BCUT2D eigenvalue weighted by Crippen LogP contribution is -2.60. The van der Waals surface area contributed by atoms with Crippen LogP contribution < -0.4 is 15.1 Å². The number of aliphatic hydroxyl groups is 4. The Hall–Kier alpha value is -2.17. The van der Waals surface area contributed by atoms with Gasteiger partial charge in [-0.1, -0.05) is 0 Å². The van der Waals surface area contributed by atoms with Gasteiger partial charge in [-0.25, -0.2) is 4.79 Å². The number of methoxy groups -OCH3 is 1. The lowest BCUT2D eigenvalue weighted by atomic mass is 9.99. The van der Waals surface area contributed by atoms with Crippen molar-refractivity contribution >= 4 is 11.0 Å². The van der Waals surface area contributed by atoms with E-state index in [0.29, 0.717) is 5.39 Å². The zero-order valence-electron chi connectivity index (χ0n) is 13.2. The monoisotopic (exact) mass is 354 g/mol. The van der Waals surface area contributed by atoms with Crippen LogP contribution in [0, 0.1) is 0 Å². The molecule has 1 fully saturated rings. The lowest BCUT2D eigenvalue weighted by Gasteiger charge is -2.39. The van der Waals surface area contributed by atoms with Crippen LogP contribution in [0.25, 0.3) is 11.0 Å². The van der Waals surface area contributed by atoms with Gasteiger partial charge in [0.05, 0.1) is 13.7 Å². The van der Waals surface area contributed by atoms with E-state index in [1.165, 1.54) is 19.2 Å². The van der Waals surface area contributed by atoms with Crippen LogP contribution in [0.3, 0.4) is 0 Å². The Balaban J connectivity index is 1.94. The molecule has 9 nitrogen and oxygen atoms in total. The molecular weight excluding hydrogens is 336 g/mol. The first kappa shape index (κ1) is 17.6. The molecule has 0 amide bonds. The lowest BCUT2D eigenvalue weighted by molar-refractivity contribution is -0.277. The van der Waals surface area contributed by atoms with Crippen molar-refractivity contribution in [2.45, 2.75) is 30.7 Å². The number of aliphatic hydroxyl groups excluding tert-OH is 4. The Kier molecular flexibility index (Phi) is 4.93. The van der Waals surface area contributed by atoms with Gasteiger partial charge in [0.1, 0.15) is 30.0 Å². The van der Waals surface area contributed by atoms with Gasteiger partial charge in [-0.05, 0) is 12.1 Å². The van der Waals surface area contributed by atoms with E-state index in [1.807, 2.05) is 0 Å². The minimum absolute atomic E-state index is 0.0914. The molecule has 2 heterocycles. The van der Waals surface area contributed by atoms with Crippen molar-refractivity contribution in [2.75, 3.05) is 13.7 Å². The molecule has 1 aromatic carbocycles. The number of benzene rings is 1. The molecule has 0 unspecified atom stereocenters. The molecule has 4 N–H and O–H groups in total. The predicted molar refractivity (Wildman–Crippen MR) is 83.4 cm³/mol. The van der Waals surface area contributed by atoms with Gasteiger partial charge >= 0.3 is 5.63 Å². The maximum atomic E-state index is 11.4. The van der Waals surface area contributed by atoms with Crippen LogP contribution in [-0.4, -0.2) is 64.8 Å². The topological polar surface area (TPSA) is 139 Å². The minimum atomic E-state index is -1.57. The number of ether oxygens (including phenoxy) is 3. The molecule has 0 radical (unpaired) electrons. The average molecular weight is 354 g/mol. The number of hydrogen-bond donors (Lipinski definition) is 4. The fourth-order valence-electron chi connectivity index (χ4n) is 2.62. The summed E-state index contributed by atoms with van der Waals surface area (Å²) in [5.74, 6) is 0.368. The molecule has 25 heavy (non-hydrogen) atoms. The van der Waals surface area contributed by atoms with E-state index in [9.17, 15) is 25.2 Å². The fraction of sp³-hybridized carbons (Fsp3) is 0.438. The summed E-state index contributed by atoms with van der Waals surface area (Å²) in [5, 5.41) is 39.5. The van der Waals surface area contributed by atoms with Crippen LogP contribution in [-0.2, 0) is 4.74 Å². The molecule has 1 aromatic heterocycles. The molecule has 0 spiro atoms. The summed E-state index contributed by atoms with van der Waals surface area (Å²) in [6, 6.07) is 5.77. The highest BCUT2D eigenvalue weighted by atomic mass is 16.7. The van der Waals surface area contributed by atoms with Gasteiger partial charge in [0.2, 0.25) is 6.29 Å². The predicted octanol–water partition coefficient (Wildman–Crippen LogP) is -1.02. The van der Waals surface area contributed by atoms with Gasteiger partial charge in [0, 0.05) is 17.5 Å². The van der Waals surface area contributed by atoms with E-state index in [2.05, 4.69) is 0 Å². The Morgan fingerprint density at radius 2 is 1.84 bits per heavy atom. The summed E-state index contributed by atoms with van der Waals surface area (Å²) in [4.78, 5) is 11.4. The summed E-state index contributed by atoms with van der Waals surface area (Å²) in [6.45, 7) is -0.575. The zero-order valence-corrected chi connectivity index (χ0v) is 13.2. The quantitative estimate of drug-likeness (QED) is 0.508. The minimum Gasteiger partial charge on any atom is -0.493 e. The standard InChI is InChI=1S/C16H18O9/c1-22-9-4-7-2-3-12(18)23-8(7)5-10(9)24-16-15(21)14(20)13(19)11(6-17)25-16/h2-5,11,13-17,19-21H,6H2,1H3/t11-,13-,14+,15-,16-/m0/s1. The Bertz CT molecular complexity index is 800. The zero-order chi connectivity index (χ0) is 18.1. The average Bonchev–Trinajstić information content (AvgIpc) is 2.61. The van der Waals surface area contributed by atoms with Gasteiger partial charge in [-0.2, -0.15) is 0 Å². The van der Waals surface area contributed by atoms with Crippen LogP contribution in [0.15, 0.2) is 33.5 Å². The normalized spacial score (nSPS) is 29.6. The molecule has 136 valence electrons. The van der Waals surface area contributed by atoms with Crippen molar-refractivity contribution in [2.24, 2.45) is 0 Å². The summed E-state index contributed by atoms with van der Waals surface area (Å²) < 4.78 is 21.1. The molecule has 0 saturated carbocycles. The number of hydrogen-bond acceptors (Lipinski definition) is 9. The second-order valence-electron chi connectivity index (χ2n) is 5.61. The van der Waals surface area contributed by atoms with Crippen molar-refractivity contribution in [3.05, 3.63) is 34.7 Å². The van der Waals surface area contributed by atoms with Crippen molar-refractivity contribution in [3.8, 4) is 11.5 Å². The van der Waals surface area contributed by atoms with Crippen LogP contribution in [0.5, 0.6) is 11.5 Å². The van der Waals surface area contributed by atoms with E-state index in [4.69, 9.17) is 18.6 Å². The fourth-order valence-corrected chi connectivity index (χ4v) is 2.62. The second-order valence-corrected chi connectivity index (χ2v) is 5.61. The van der Waals surface area contributed by atoms with Crippen molar-refractivity contribution < 1.29 is 39.1 Å². The smallest absolute Gasteiger partial charge is 0.336 e. The summed E-state index contributed by atoms with van der Waals surface area (Å²) in [5.41, 5.74) is -0.315. The summed E-state index contributed by atoms with van der Waals surface area (Å²) in [6.07, 6.45) is -7.11. The largest absolute Gasteiger partial charge is 0.493 e. The second kappa shape index (κ2) is 6.98. The van der Waals surface area contributed by atoms with Gasteiger partial charge in [-0.15, -0.1) is 0 Å². The highest BCUT2D eigenvalue weighted by Crippen LogP contribution is 2.34. The first-order valence-electron chi connectivity index (χ1n) is 7.53. The van der Waals surface area contributed by atoms with Crippen LogP contribution in [0.4, 0.5) is 0 Å². The van der Waals surface area contributed by atoms with Crippen molar-refractivity contribution in [3.63, 3.8) is 0 Å². The first-order chi connectivity index (χ1) is 11.9. The molecule has 1 saturated heterocycles. The maximum Gasteiger partial charge on any atom is 0.336 e. The third kappa shape index (κ3) is 3.32. The van der Waals surface area contributed by atoms with E-state index < -0.39 is 42.9 Å². The molecule has 3 rings (SSSR count). The Labute approximate surface area is 141 Å². The van der Waals surface area contributed by atoms with E-state index in [0.717, 1.165) is 0 Å². The molecular formula is C16H18O9. The number of fused-ring (bicyclic) bond motifs is 1. The van der Waals surface area contributed by atoms with Crippen LogP contribution >= 0.6 is 0 Å². The highest BCUT2D eigenvalue weighted by molar-refractivity contribution is 5.80. The Morgan fingerprint density at radius 3 is 2.52 bits per heavy atom. The summed E-state index contributed by atoms with van der Waals surface area (Å²) in [7, 11) is 1.40. The van der Waals surface area contributed by atoms with Gasteiger partial charge in [-0.3, -0.25) is 0 Å². The van der Waals surface area contributed by atoms with E-state index in [1.54, 1.807) is 12.1 Å². The number of rotatable bonds is 4. The first-order valence-corrected chi connectivity index (χ1v) is 7.53. The van der Waals surface area contributed by atoms with E-state index in [-0.39, 0.29) is 17.1 Å². The van der Waals surface area contributed by atoms with Gasteiger partial charge in [0.15, 0.2) is 11.5 Å². The van der Waals surface area contributed by atoms with Gasteiger partial charge in [0.25, 0.3) is 0 Å². The molecule has 9 heteroatoms. The summed E-state index contributed by atoms with van der Waals surface area (Å²) >= 11 is 0. The highest BCUT2D eigenvalue weighted by Gasteiger charge is 2.45. The SMILES string of the molecule is COc1cc2ccc(=O)oc2cc1O[C@H]1O[C@@H](CO)[C@H](O)[C@@H](O)[C@@H]1O. The molecule has 0 bridgehead atoms. The molecule has 1 aliphatic rings. The van der Waals surface area contributed by atoms with Crippen LogP contribution in [0.1, 0.15) is 0 Å². The van der Waals surface area contributed by atoms with Gasteiger partial charge < -0.3 is 39.1 Å². The maximum absolute atomic E-state index is 11.4. The van der Waals surface area contributed by atoms with Crippen LogP contribution in [0.2, 0.25) is 0 Å².